The standard InChI is InChI=1S/C16H22N2O2/c1-13(15-5-3-8-19-12-15)18-7-9-20-16-6-2-4-14(10-16)11-17/h2,4,6,10,13,15,18H,3,5,7-9,12H2,1H3/t13-,15+/m0/s1. The Hall–Kier alpha value is -1.57. The van der Waals surface area contributed by atoms with Crippen LogP contribution in [0, 0.1) is 17.2 Å². The van der Waals surface area contributed by atoms with E-state index in [2.05, 4.69) is 18.3 Å². The predicted octanol–water partition coefficient (Wildman–Crippen LogP) is 2.34. The topological polar surface area (TPSA) is 54.3 Å². The summed E-state index contributed by atoms with van der Waals surface area (Å²) in [7, 11) is 0. The number of nitrogens with zero attached hydrogens (tertiary/aromatic N) is 1. The van der Waals surface area contributed by atoms with E-state index in [1.165, 1.54) is 6.42 Å². The van der Waals surface area contributed by atoms with Crippen LogP contribution in [0.25, 0.3) is 0 Å². The second-order valence-electron chi connectivity index (χ2n) is 5.21. The Morgan fingerprint density at radius 2 is 2.45 bits per heavy atom. The van der Waals surface area contributed by atoms with Gasteiger partial charge >= 0.3 is 0 Å². The highest BCUT2D eigenvalue weighted by atomic mass is 16.5. The minimum atomic E-state index is 0.448. The van der Waals surface area contributed by atoms with Crippen LogP contribution in [0.5, 0.6) is 5.75 Å². The van der Waals surface area contributed by atoms with Gasteiger partial charge in [-0.2, -0.15) is 5.26 Å². The lowest BCUT2D eigenvalue weighted by molar-refractivity contribution is 0.0415. The maximum atomic E-state index is 8.82. The molecule has 0 aliphatic carbocycles. The van der Waals surface area contributed by atoms with Crippen LogP contribution >= 0.6 is 0 Å². The molecule has 1 N–H and O–H groups in total. The lowest BCUT2D eigenvalue weighted by Gasteiger charge is -2.28. The van der Waals surface area contributed by atoms with Crippen molar-refractivity contribution in [1.82, 2.24) is 5.32 Å². The van der Waals surface area contributed by atoms with Gasteiger partial charge in [0.05, 0.1) is 18.2 Å². The summed E-state index contributed by atoms with van der Waals surface area (Å²) in [6.45, 7) is 5.37. The maximum absolute atomic E-state index is 8.82. The Kier molecular flexibility index (Phi) is 5.85. The van der Waals surface area contributed by atoms with Gasteiger partial charge < -0.3 is 14.8 Å². The molecule has 0 saturated carbocycles. The second kappa shape index (κ2) is 7.88. The molecular weight excluding hydrogens is 252 g/mol. The molecule has 1 saturated heterocycles. The number of ether oxygens (including phenoxy) is 2. The van der Waals surface area contributed by atoms with Crippen molar-refractivity contribution in [2.45, 2.75) is 25.8 Å². The minimum absolute atomic E-state index is 0.448. The zero-order valence-electron chi connectivity index (χ0n) is 12.0. The molecule has 108 valence electrons. The third-order valence-electron chi connectivity index (χ3n) is 3.70. The Morgan fingerprint density at radius 1 is 1.55 bits per heavy atom. The van der Waals surface area contributed by atoms with Gasteiger partial charge in [0.1, 0.15) is 12.4 Å². The van der Waals surface area contributed by atoms with E-state index >= 15 is 0 Å². The first kappa shape index (κ1) is 14.8. The minimum Gasteiger partial charge on any atom is -0.492 e. The first-order valence-electron chi connectivity index (χ1n) is 7.23. The van der Waals surface area contributed by atoms with Gasteiger partial charge in [-0.1, -0.05) is 6.07 Å². The van der Waals surface area contributed by atoms with Crippen LogP contribution in [-0.4, -0.2) is 32.4 Å². The number of hydrogen-bond acceptors (Lipinski definition) is 4. The third-order valence-corrected chi connectivity index (χ3v) is 3.70. The molecule has 0 bridgehead atoms. The van der Waals surface area contributed by atoms with Crippen LogP contribution in [-0.2, 0) is 4.74 Å². The lowest BCUT2D eigenvalue weighted by atomic mass is 9.95. The molecule has 1 aliphatic rings. The molecule has 1 aromatic carbocycles. The average molecular weight is 274 g/mol. The molecule has 0 amide bonds. The van der Waals surface area contributed by atoms with E-state index in [-0.39, 0.29) is 0 Å². The number of benzene rings is 1. The normalized spacial score (nSPS) is 20.1. The molecule has 0 spiro atoms. The zero-order chi connectivity index (χ0) is 14.2. The smallest absolute Gasteiger partial charge is 0.120 e. The van der Waals surface area contributed by atoms with Gasteiger partial charge in [-0.15, -0.1) is 0 Å². The molecule has 1 aliphatic heterocycles. The van der Waals surface area contributed by atoms with Gasteiger partial charge in [0.25, 0.3) is 0 Å². The van der Waals surface area contributed by atoms with E-state index in [1.807, 2.05) is 12.1 Å². The first-order chi connectivity index (χ1) is 9.79. The van der Waals surface area contributed by atoms with Gasteiger partial charge in [0, 0.05) is 19.2 Å². The van der Waals surface area contributed by atoms with Gasteiger partial charge in [0.15, 0.2) is 0 Å². The molecule has 2 atom stereocenters. The summed E-state index contributed by atoms with van der Waals surface area (Å²) >= 11 is 0. The van der Waals surface area contributed by atoms with E-state index in [9.17, 15) is 0 Å². The summed E-state index contributed by atoms with van der Waals surface area (Å²) in [6.07, 6.45) is 2.40. The largest absolute Gasteiger partial charge is 0.492 e. The van der Waals surface area contributed by atoms with Crippen molar-refractivity contribution < 1.29 is 9.47 Å². The van der Waals surface area contributed by atoms with Crippen LogP contribution < -0.4 is 10.1 Å². The number of hydrogen-bond donors (Lipinski definition) is 1. The molecule has 0 unspecified atom stereocenters. The summed E-state index contributed by atoms with van der Waals surface area (Å²) in [4.78, 5) is 0. The first-order valence-corrected chi connectivity index (χ1v) is 7.23. The molecule has 1 heterocycles. The summed E-state index contributed by atoms with van der Waals surface area (Å²) in [5.74, 6) is 1.35. The van der Waals surface area contributed by atoms with Crippen molar-refractivity contribution in [3.05, 3.63) is 29.8 Å². The molecule has 4 heteroatoms. The number of nitrogens with one attached hydrogen (secondary N) is 1. The fraction of sp³-hybridized carbons (Fsp3) is 0.562. The fourth-order valence-corrected chi connectivity index (χ4v) is 2.44. The number of rotatable bonds is 6. The highest BCUT2D eigenvalue weighted by molar-refractivity contribution is 5.36. The molecular formula is C16H22N2O2. The summed E-state index contributed by atoms with van der Waals surface area (Å²) in [5.41, 5.74) is 0.628. The zero-order valence-corrected chi connectivity index (χ0v) is 12.0. The van der Waals surface area contributed by atoms with Gasteiger partial charge in [-0.25, -0.2) is 0 Å². The van der Waals surface area contributed by atoms with Crippen LogP contribution in [0.2, 0.25) is 0 Å². The van der Waals surface area contributed by atoms with Gasteiger partial charge in [-0.3, -0.25) is 0 Å². The van der Waals surface area contributed by atoms with E-state index in [0.717, 1.165) is 31.9 Å². The van der Waals surface area contributed by atoms with Crippen molar-refractivity contribution in [2.75, 3.05) is 26.4 Å². The van der Waals surface area contributed by atoms with Crippen molar-refractivity contribution >= 4 is 0 Å². The van der Waals surface area contributed by atoms with Crippen molar-refractivity contribution in [3.63, 3.8) is 0 Å². The summed E-state index contributed by atoms with van der Waals surface area (Å²) < 4.78 is 11.1. The Bertz CT molecular complexity index is 450. The monoisotopic (exact) mass is 274 g/mol. The van der Waals surface area contributed by atoms with E-state index in [1.54, 1.807) is 12.1 Å². The highest BCUT2D eigenvalue weighted by Gasteiger charge is 2.19. The SMILES string of the molecule is C[C@H](NCCOc1cccc(C#N)c1)[C@@H]1CCCOC1. The third kappa shape index (κ3) is 4.52. The van der Waals surface area contributed by atoms with Crippen LogP contribution in [0.3, 0.4) is 0 Å². The Balaban J connectivity index is 1.66. The lowest BCUT2D eigenvalue weighted by Crippen LogP contribution is -2.39. The van der Waals surface area contributed by atoms with Gasteiger partial charge in [0.2, 0.25) is 0 Å². The maximum Gasteiger partial charge on any atom is 0.120 e. The molecule has 1 fully saturated rings. The van der Waals surface area contributed by atoms with Crippen LogP contribution in [0.4, 0.5) is 0 Å². The average Bonchev–Trinajstić information content (AvgIpc) is 2.52. The number of nitriles is 1. The predicted molar refractivity (Wildman–Crippen MR) is 77.7 cm³/mol. The van der Waals surface area contributed by atoms with Crippen molar-refractivity contribution in [2.24, 2.45) is 5.92 Å². The fourth-order valence-electron chi connectivity index (χ4n) is 2.44. The Morgan fingerprint density at radius 3 is 3.20 bits per heavy atom. The summed E-state index contributed by atoms with van der Waals surface area (Å²) in [6, 6.07) is 9.81. The Labute approximate surface area is 120 Å². The van der Waals surface area contributed by atoms with Crippen LogP contribution in [0.15, 0.2) is 24.3 Å². The molecule has 4 nitrogen and oxygen atoms in total. The molecule has 0 aromatic heterocycles. The van der Waals surface area contributed by atoms with Crippen molar-refractivity contribution in [1.29, 1.82) is 5.26 Å². The van der Waals surface area contributed by atoms with E-state index in [0.29, 0.717) is 24.1 Å². The highest BCUT2D eigenvalue weighted by Crippen LogP contribution is 2.17. The molecule has 0 radical (unpaired) electrons. The van der Waals surface area contributed by atoms with E-state index < -0.39 is 0 Å². The van der Waals surface area contributed by atoms with Gasteiger partial charge in [-0.05, 0) is 43.9 Å². The van der Waals surface area contributed by atoms with Crippen molar-refractivity contribution in [3.8, 4) is 11.8 Å². The molecule has 2 rings (SSSR count). The molecule has 1 aromatic rings. The second-order valence-corrected chi connectivity index (χ2v) is 5.21. The summed E-state index contributed by atoms with van der Waals surface area (Å²) in [5, 5.41) is 12.3. The molecule has 20 heavy (non-hydrogen) atoms. The van der Waals surface area contributed by atoms with E-state index in [4.69, 9.17) is 14.7 Å². The quantitative estimate of drug-likeness (QED) is 0.809. The van der Waals surface area contributed by atoms with Crippen LogP contribution in [0.1, 0.15) is 25.3 Å².